The highest BCUT2D eigenvalue weighted by Gasteiger charge is 2.17. The van der Waals surface area contributed by atoms with E-state index in [9.17, 15) is 4.79 Å². The Hall–Kier alpha value is -2.80. The van der Waals surface area contributed by atoms with Gasteiger partial charge in [0.2, 0.25) is 5.91 Å². The van der Waals surface area contributed by atoms with Crippen molar-refractivity contribution in [1.82, 2.24) is 20.1 Å². The lowest BCUT2D eigenvalue weighted by Crippen LogP contribution is -2.28. The summed E-state index contributed by atoms with van der Waals surface area (Å²) in [7, 11) is 3.54. The summed E-state index contributed by atoms with van der Waals surface area (Å²) in [4.78, 5) is 12.6. The fraction of sp³-hybridized carbons (Fsp3) is 0.375. The molecule has 0 spiro atoms. The first-order valence-corrected chi connectivity index (χ1v) is 11.6. The van der Waals surface area contributed by atoms with Crippen LogP contribution in [-0.2, 0) is 24.7 Å². The standard InChI is InChI=1S/C24H28N4O2S/c1-16(18-13-12-17-8-4-5-9-19(17)14-18)25-22(29)15-31-24-27-26-23(28(24)2)20-10-6-7-11-21(20)30-3/h6-7,10-14,16H,4-5,8-9,15H2,1-3H3,(H,25,29)/t16-/m1/s1. The fourth-order valence-electron chi connectivity index (χ4n) is 4.02. The highest BCUT2D eigenvalue weighted by molar-refractivity contribution is 7.99. The number of carbonyl (C=O) groups excluding carboxylic acids is 1. The van der Waals surface area contributed by atoms with Crippen LogP contribution in [0.3, 0.4) is 0 Å². The van der Waals surface area contributed by atoms with Crippen LogP contribution < -0.4 is 10.1 Å². The van der Waals surface area contributed by atoms with Crippen molar-refractivity contribution < 1.29 is 9.53 Å². The largest absolute Gasteiger partial charge is 0.496 e. The van der Waals surface area contributed by atoms with E-state index in [4.69, 9.17) is 4.74 Å². The van der Waals surface area contributed by atoms with Crippen LogP contribution in [0.4, 0.5) is 0 Å². The maximum Gasteiger partial charge on any atom is 0.230 e. The van der Waals surface area contributed by atoms with E-state index in [0.29, 0.717) is 11.0 Å². The number of methoxy groups -OCH3 is 1. The third-order valence-electron chi connectivity index (χ3n) is 5.77. The number of aromatic nitrogens is 3. The Balaban J connectivity index is 1.37. The van der Waals surface area contributed by atoms with Crippen LogP contribution in [-0.4, -0.2) is 33.5 Å². The lowest BCUT2D eigenvalue weighted by Gasteiger charge is -2.20. The van der Waals surface area contributed by atoms with E-state index in [0.717, 1.165) is 23.3 Å². The number of hydrogen-bond donors (Lipinski definition) is 1. The van der Waals surface area contributed by atoms with Gasteiger partial charge in [-0.1, -0.05) is 42.1 Å². The first-order chi connectivity index (χ1) is 15.1. The molecule has 1 N–H and O–H groups in total. The van der Waals surface area contributed by atoms with Gasteiger partial charge in [0.15, 0.2) is 11.0 Å². The third-order valence-corrected chi connectivity index (χ3v) is 6.79. The Morgan fingerprint density at radius 1 is 1.16 bits per heavy atom. The molecule has 0 radical (unpaired) electrons. The molecule has 6 nitrogen and oxygen atoms in total. The summed E-state index contributed by atoms with van der Waals surface area (Å²) in [6.45, 7) is 2.04. The minimum atomic E-state index is -0.0241. The molecule has 7 heteroatoms. The van der Waals surface area contributed by atoms with Crippen LogP contribution >= 0.6 is 11.8 Å². The molecule has 1 aliphatic carbocycles. The molecule has 162 valence electrons. The highest BCUT2D eigenvalue weighted by Crippen LogP contribution is 2.30. The number of thioether (sulfide) groups is 1. The molecular formula is C24H28N4O2S. The van der Waals surface area contributed by atoms with Crippen molar-refractivity contribution in [2.45, 2.75) is 43.8 Å². The van der Waals surface area contributed by atoms with Gasteiger partial charge in [0.05, 0.1) is 24.5 Å². The predicted molar refractivity (Wildman–Crippen MR) is 123 cm³/mol. The number of nitrogens with zero attached hydrogens (tertiary/aromatic N) is 3. The quantitative estimate of drug-likeness (QED) is 0.558. The normalized spacial score (nSPS) is 14.0. The first-order valence-electron chi connectivity index (χ1n) is 10.6. The number of fused-ring (bicyclic) bond motifs is 1. The monoisotopic (exact) mass is 436 g/mol. The average Bonchev–Trinajstić information content (AvgIpc) is 3.17. The van der Waals surface area contributed by atoms with Gasteiger partial charge in [-0.3, -0.25) is 4.79 Å². The molecule has 0 saturated heterocycles. The highest BCUT2D eigenvalue weighted by atomic mass is 32.2. The average molecular weight is 437 g/mol. The molecule has 1 heterocycles. The van der Waals surface area contributed by atoms with E-state index in [1.807, 2.05) is 42.8 Å². The van der Waals surface area contributed by atoms with Crippen LogP contribution in [0.5, 0.6) is 5.75 Å². The molecule has 0 fully saturated rings. The molecule has 0 aliphatic heterocycles. The van der Waals surface area contributed by atoms with Crippen molar-refractivity contribution >= 4 is 17.7 Å². The molecule has 1 atom stereocenters. The van der Waals surface area contributed by atoms with Crippen molar-refractivity contribution in [3.8, 4) is 17.1 Å². The van der Waals surface area contributed by atoms with Crippen molar-refractivity contribution in [2.75, 3.05) is 12.9 Å². The maximum atomic E-state index is 12.6. The second-order valence-corrected chi connectivity index (χ2v) is 8.82. The van der Waals surface area contributed by atoms with Crippen LogP contribution in [0.2, 0.25) is 0 Å². The van der Waals surface area contributed by atoms with Crippen molar-refractivity contribution in [2.24, 2.45) is 7.05 Å². The molecular weight excluding hydrogens is 408 g/mol. The molecule has 1 amide bonds. The lowest BCUT2D eigenvalue weighted by atomic mass is 9.89. The van der Waals surface area contributed by atoms with Gasteiger partial charge in [0.1, 0.15) is 5.75 Å². The van der Waals surface area contributed by atoms with E-state index < -0.39 is 0 Å². The van der Waals surface area contributed by atoms with Crippen molar-refractivity contribution in [1.29, 1.82) is 0 Å². The zero-order chi connectivity index (χ0) is 21.8. The molecule has 1 aromatic heterocycles. The Morgan fingerprint density at radius 2 is 1.94 bits per heavy atom. The Kier molecular flexibility index (Phi) is 6.61. The van der Waals surface area contributed by atoms with E-state index >= 15 is 0 Å². The molecule has 3 aromatic rings. The first kappa shape index (κ1) is 21.4. The molecule has 1 aliphatic rings. The second kappa shape index (κ2) is 9.56. The van der Waals surface area contributed by atoms with Crippen LogP contribution in [0.25, 0.3) is 11.4 Å². The minimum absolute atomic E-state index is 0.0166. The van der Waals surface area contributed by atoms with Gasteiger partial charge < -0.3 is 14.6 Å². The van der Waals surface area contributed by atoms with Crippen LogP contribution in [0.1, 0.15) is 42.5 Å². The summed E-state index contributed by atoms with van der Waals surface area (Å²) >= 11 is 1.38. The fourth-order valence-corrected chi connectivity index (χ4v) is 4.75. The lowest BCUT2D eigenvalue weighted by molar-refractivity contribution is -0.119. The summed E-state index contributed by atoms with van der Waals surface area (Å²) < 4.78 is 7.32. The predicted octanol–water partition coefficient (Wildman–Crippen LogP) is 4.34. The molecule has 31 heavy (non-hydrogen) atoms. The summed E-state index contributed by atoms with van der Waals surface area (Å²) in [5.74, 6) is 1.72. The topological polar surface area (TPSA) is 69.0 Å². The number of ether oxygens (including phenoxy) is 1. The molecule has 2 aromatic carbocycles. The third kappa shape index (κ3) is 4.77. The van der Waals surface area contributed by atoms with Crippen LogP contribution in [0, 0.1) is 0 Å². The summed E-state index contributed by atoms with van der Waals surface area (Å²) in [5.41, 5.74) is 4.92. The van der Waals surface area contributed by atoms with Gasteiger partial charge >= 0.3 is 0 Å². The number of carbonyl (C=O) groups is 1. The number of aryl methyl sites for hydroxylation is 2. The van der Waals surface area contributed by atoms with Crippen molar-refractivity contribution in [3.05, 3.63) is 59.2 Å². The summed E-state index contributed by atoms with van der Waals surface area (Å²) in [6, 6.07) is 14.3. The van der Waals surface area contributed by atoms with E-state index in [-0.39, 0.29) is 17.7 Å². The Morgan fingerprint density at radius 3 is 2.74 bits per heavy atom. The molecule has 0 bridgehead atoms. The van der Waals surface area contributed by atoms with Gasteiger partial charge in [-0.05, 0) is 61.4 Å². The minimum Gasteiger partial charge on any atom is -0.496 e. The summed E-state index contributed by atoms with van der Waals surface area (Å²) in [5, 5.41) is 12.4. The smallest absolute Gasteiger partial charge is 0.230 e. The van der Waals surface area contributed by atoms with Gasteiger partial charge in [-0.25, -0.2) is 0 Å². The number of benzene rings is 2. The SMILES string of the molecule is COc1ccccc1-c1nnc(SCC(=O)N[C@H](C)c2ccc3c(c2)CCCC3)n1C. The zero-order valence-electron chi connectivity index (χ0n) is 18.2. The van der Waals surface area contributed by atoms with E-state index in [1.165, 1.54) is 42.2 Å². The van der Waals surface area contributed by atoms with E-state index in [2.05, 4.69) is 33.7 Å². The number of para-hydroxylation sites is 1. The van der Waals surface area contributed by atoms with Gasteiger partial charge in [0, 0.05) is 7.05 Å². The number of amides is 1. The maximum absolute atomic E-state index is 12.6. The number of nitrogens with one attached hydrogen (secondary N) is 1. The molecule has 0 saturated carbocycles. The Labute approximate surface area is 187 Å². The van der Waals surface area contributed by atoms with Gasteiger partial charge in [-0.15, -0.1) is 10.2 Å². The molecule has 4 rings (SSSR count). The van der Waals surface area contributed by atoms with Gasteiger partial charge in [-0.2, -0.15) is 0 Å². The number of hydrogen-bond acceptors (Lipinski definition) is 5. The zero-order valence-corrected chi connectivity index (χ0v) is 19.0. The second-order valence-electron chi connectivity index (χ2n) is 7.88. The molecule has 0 unspecified atom stereocenters. The number of rotatable bonds is 7. The van der Waals surface area contributed by atoms with Gasteiger partial charge in [0.25, 0.3) is 0 Å². The summed E-state index contributed by atoms with van der Waals surface area (Å²) in [6.07, 6.45) is 4.83. The van der Waals surface area contributed by atoms with Crippen LogP contribution in [0.15, 0.2) is 47.6 Å². The Bertz CT molecular complexity index is 1080. The van der Waals surface area contributed by atoms with Crippen molar-refractivity contribution in [3.63, 3.8) is 0 Å². The van der Waals surface area contributed by atoms with E-state index in [1.54, 1.807) is 7.11 Å².